The fourth-order valence-electron chi connectivity index (χ4n) is 2.16. The molecular weight excluding hydrogens is 294 g/mol. The van der Waals surface area contributed by atoms with Crippen LogP contribution >= 0.6 is 0 Å². The second kappa shape index (κ2) is 7.49. The molecule has 1 heterocycles. The first-order valence-electron chi connectivity index (χ1n) is 7.41. The first kappa shape index (κ1) is 16.6. The number of anilines is 1. The molecule has 0 aliphatic carbocycles. The number of para-hydroxylation sites is 1. The molecule has 1 aromatic carbocycles. The molecule has 1 aromatic heterocycles. The fourth-order valence-corrected chi connectivity index (χ4v) is 2.16. The summed E-state index contributed by atoms with van der Waals surface area (Å²) in [6, 6.07) is 11.4. The number of rotatable bonds is 5. The van der Waals surface area contributed by atoms with Crippen LogP contribution < -0.4 is 10.6 Å². The third kappa shape index (κ3) is 4.35. The summed E-state index contributed by atoms with van der Waals surface area (Å²) in [6.07, 6.45) is 1.57. The van der Waals surface area contributed by atoms with Gasteiger partial charge >= 0.3 is 6.03 Å². The number of benzene rings is 1. The highest BCUT2D eigenvalue weighted by atomic mass is 16.3. The minimum atomic E-state index is -0.652. The smallest absolute Gasteiger partial charge is 0.319 e. The van der Waals surface area contributed by atoms with Gasteiger partial charge in [0, 0.05) is 12.7 Å². The molecule has 0 aliphatic rings. The van der Waals surface area contributed by atoms with E-state index in [4.69, 9.17) is 4.42 Å². The van der Waals surface area contributed by atoms with Gasteiger partial charge in [0.05, 0.1) is 12.3 Å². The first-order valence-corrected chi connectivity index (χ1v) is 7.41. The van der Waals surface area contributed by atoms with Gasteiger partial charge in [0.2, 0.25) is 5.91 Å². The van der Waals surface area contributed by atoms with Gasteiger partial charge < -0.3 is 20.0 Å². The van der Waals surface area contributed by atoms with Gasteiger partial charge in [0.1, 0.15) is 11.8 Å². The third-order valence-electron chi connectivity index (χ3n) is 3.63. The van der Waals surface area contributed by atoms with Gasteiger partial charge in [-0.2, -0.15) is 0 Å². The van der Waals surface area contributed by atoms with E-state index >= 15 is 0 Å². The zero-order chi connectivity index (χ0) is 16.8. The highest BCUT2D eigenvalue weighted by Crippen LogP contribution is 2.19. The standard InChI is InChI=1S/C17H21N3O3/c1-12(18-17(22)19-14-8-5-4-6-9-14)16(21)20(3)13(2)15-10-7-11-23-15/h4-13H,1-3H3,(H2,18,19,22)/t12-,13+/m0/s1. The topological polar surface area (TPSA) is 74.6 Å². The van der Waals surface area contributed by atoms with Crippen LogP contribution in [0.5, 0.6) is 0 Å². The Balaban J connectivity index is 1.90. The number of furan rings is 1. The van der Waals surface area contributed by atoms with E-state index in [1.165, 1.54) is 0 Å². The van der Waals surface area contributed by atoms with Gasteiger partial charge in [-0.1, -0.05) is 18.2 Å². The molecule has 0 aliphatic heterocycles. The molecule has 2 rings (SSSR count). The molecule has 0 saturated heterocycles. The molecule has 6 nitrogen and oxygen atoms in total. The number of nitrogens with one attached hydrogen (secondary N) is 2. The minimum Gasteiger partial charge on any atom is -0.467 e. The maximum Gasteiger partial charge on any atom is 0.319 e. The highest BCUT2D eigenvalue weighted by Gasteiger charge is 2.25. The van der Waals surface area contributed by atoms with Crippen molar-refractivity contribution in [2.24, 2.45) is 0 Å². The zero-order valence-electron chi connectivity index (χ0n) is 13.4. The molecule has 2 atom stereocenters. The van der Waals surface area contributed by atoms with Crippen LogP contribution in [-0.4, -0.2) is 29.9 Å². The largest absolute Gasteiger partial charge is 0.467 e. The Morgan fingerprint density at radius 3 is 2.39 bits per heavy atom. The first-order chi connectivity index (χ1) is 11.0. The number of hydrogen-bond donors (Lipinski definition) is 2. The van der Waals surface area contributed by atoms with Crippen LogP contribution in [0.15, 0.2) is 53.1 Å². The van der Waals surface area contributed by atoms with E-state index in [0.29, 0.717) is 11.4 Å². The van der Waals surface area contributed by atoms with Crippen molar-refractivity contribution in [1.82, 2.24) is 10.2 Å². The predicted molar refractivity (Wildman–Crippen MR) is 88.0 cm³/mol. The summed E-state index contributed by atoms with van der Waals surface area (Å²) in [7, 11) is 1.68. The number of carbonyl (C=O) groups is 2. The normalized spacial score (nSPS) is 13.0. The van der Waals surface area contributed by atoms with Gasteiger partial charge in [-0.25, -0.2) is 4.79 Å². The van der Waals surface area contributed by atoms with E-state index < -0.39 is 12.1 Å². The lowest BCUT2D eigenvalue weighted by atomic mass is 10.2. The van der Waals surface area contributed by atoms with Crippen molar-refractivity contribution in [1.29, 1.82) is 0 Å². The Morgan fingerprint density at radius 1 is 1.09 bits per heavy atom. The lowest BCUT2D eigenvalue weighted by Crippen LogP contribution is -2.47. The number of likely N-dealkylation sites (N-methyl/N-ethyl adjacent to an activating group) is 1. The van der Waals surface area contributed by atoms with Crippen molar-refractivity contribution >= 4 is 17.6 Å². The molecule has 2 N–H and O–H groups in total. The molecule has 3 amide bonds. The van der Waals surface area contributed by atoms with Crippen LogP contribution in [0, 0.1) is 0 Å². The summed E-state index contributed by atoms with van der Waals surface area (Å²) in [5.41, 5.74) is 0.668. The van der Waals surface area contributed by atoms with Crippen molar-refractivity contribution in [3.05, 3.63) is 54.5 Å². The maximum atomic E-state index is 12.4. The van der Waals surface area contributed by atoms with Gasteiger partial charge in [0.15, 0.2) is 0 Å². The van der Waals surface area contributed by atoms with Crippen molar-refractivity contribution in [3.63, 3.8) is 0 Å². The predicted octanol–water partition coefficient (Wildman–Crippen LogP) is 3.01. The summed E-state index contributed by atoms with van der Waals surface area (Å²) in [5.74, 6) is 0.499. The molecule has 0 bridgehead atoms. The Kier molecular flexibility index (Phi) is 5.41. The lowest BCUT2D eigenvalue weighted by molar-refractivity contribution is -0.133. The molecule has 0 unspecified atom stereocenters. The average Bonchev–Trinajstić information content (AvgIpc) is 3.07. The number of carbonyl (C=O) groups excluding carboxylic acids is 2. The second-order valence-corrected chi connectivity index (χ2v) is 5.33. The van der Waals surface area contributed by atoms with E-state index in [-0.39, 0.29) is 11.9 Å². The van der Waals surface area contributed by atoms with Gasteiger partial charge in [0.25, 0.3) is 0 Å². The van der Waals surface area contributed by atoms with Crippen LogP contribution in [0.3, 0.4) is 0 Å². The molecule has 0 fully saturated rings. The summed E-state index contributed by atoms with van der Waals surface area (Å²) in [5, 5.41) is 5.32. The Morgan fingerprint density at radius 2 is 1.78 bits per heavy atom. The van der Waals surface area contributed by atoms with E-state index in [1.807, 2.05) is 31.2 Å². The maximum absolute atomic E-state index is 12.4. The lowest BCUT2D eigenvalue weighted by Gasteiger charge is -2.26. The number of amides is 3. The molecule has 0 saturated carbocycles. The number of hydrogen-bond acceptors (Lipinski definition) is 3. The highest BCUT2D eigenvalue weighted by molar-refractivity contribution is 5.93. The van der Waals surface area contributed by atoms with Crippen molar-refractivity contribution in [3.8, 4) is 0 Å². The summed E-state index contributed by atoms with van der Waals surface area (Å²) >= 11 is 0. The molecule has 23 heavy (non-hydrogen) atoms. The Labute approximate surface area is 135 Å². The second-order valence-electron chi connectivity index (χ2n) is 5.33. The Bertz CT molecular complexity index is 640. The quantitative estimate of drug-likeness (QED) is 0.890. The molecular formula is C17H21N3O3. The van der Waals surface area contributed by atoms with E-state index in [2.05, 4.69) is 10.6 Å². The SMILES string of the molecule is C[C@H](NC(=O)Nc1ccccc1)C(=O)N(C)[C@H](C)c1ccco1. The Hall–Kier alpha value is -2.76. The van der Waals surface area contributed by atoms with E-state index in [9.17, 15) is 9.59 Å². The molecule has 122 valence electrons. The summed E-state index contributed by atoms with van der Waals surface area (Å²) in [4.78, 5) is 25.9. The molecule has 6 heteroatoms. The number of nitrogens with zero attached hydrogens (tertiary/aromatic N) is 1. The molecule has 2 aromatic rings. The van der Waals surface area contributed by atoms with E-state index in [0.717, 1.165) is 0 Å². The minimum absolute atomic E-state index is 0.197. The molecule has 0 spiro atoms. The van der Waals surface area contributed by atoms with Crippen LogP contribution in [0.4, 0.5) is 10.5 Å². The summed E-state index contributed by atoms with van der Waals surface area (Å²) in [6.45, 7) is 3.52. The van der Waals surface area contributed by atoms with Crippen molar-refractivity contribution in [2.75, 3.05) is 12.4 Å². The van der Waals surface area contributed by atoms with Crippen LogP contribution in [0.1, 0.15) is 25.6 Å². The summed E-state index contributed by atoms with van der Waals surface area (Å²) < 4.78 is 5.31. The zero-order valence-corrected chi connectivity index (χ0v) is 13.4. The van der Waals surface area contributed by atoms with E-state index in [1.54, 1.807) is 43.3 Å². The molecule has 0 radical (unpaired) electrons. The monoisotopic (exact) mass is 315 g/mol. The van der Waals surface area contributed by atoms with Gasteiger partial charge in [-0.3, -0.25) is 4.79 Å². The third-order valence-corrected chi connectivity index (χ3v) is 3.63. The van der Waals surface area contributed by atoms with Crippen molar-refractivity contribution in [2.45, 2.75) is 25.9 Å². The van der Waals surface area contributed by atoms with Gasteiger partial charge in [-0.15, -0.1) is 0 Å². The van der Waals surface area contributed by atoms with Gasteiger partial charge in [-0.05, 0) is 38.1 Å². The van der Waals surface area contributed by atoms with Crippen molar-refractivity contribution < 1.29 is 14.0 Å². The fraction of sp³-hybridized carbons (Fsp3) is 0.294. The van der Waals surface area contributed by atoms with Crippen LogP contribution in [0.25, 0.3) is 0 Å². The average molecular weight is 315 g/mol. The van der Waals surface area contributed by atoms with Crippen LogP contribution in [-0.2, 0) is 4.79 Å². The number of urea groups is 1. The van der Waals surface area contributed by atoms with Crippen LogP contribution in [0.2, 0.25) is 0 Å².